The van der Waals surface area contributed by atoms with Crippen LogP contribution in [0.1, 0.15) is 83.4 Å². The van der Waals surface area contributed by atoms with Crippen molar-refractivity contribution in [3.8, 4) is 0 Å². The molecule has 1 aliphatic heterocycles. The number of hydrogen-bond donors (Lipinski definition) is 4. The first-order chi connectivity index (χ1) is 26.4. The van der Waals surface area contributed by atoms with Gasteiger partial charge < -0.3 is 26.2 Å². The van der Waals surface area contributed by atoms with E-state index in [1.807, 2.05) is 58.9 Å². The molecule has 1 saturated carbocycles. The summed E-state index contributed by atoms with van der Waals surface area (Å²) in [5.41, 5.74) is 1.64. The zero-order valence-electron chi connectivity index (χ0n) is 33.7. The molecule has 1 aromatic carbocycles. The van der Waals surface area contributed by atoms with Gasteiger partial charge in [0.1, 0.15) is 17.1 Å². The first-order valence-corrected chi connectivity index (χ1v) is 22.3. The van der Waals surface area contributed by atoms with Gasteiger partial charge in [-0.1, -0.05) is 71.7 Å². The van der Waals surface area contributed by atoms with Gasteiger partial charge in [-0.2, -0.15) is 0 Å². The number of carbonyl (C=O) groups excluding carboxylic acids is 5. The Morgan fingerprint density at radius 3 is 2.21 bits per heavy atom. The van der Waals surface area contributed by atoms with Crippen LogP contribution >= 0.6 is 11.3 Å². The Morgan fingerprint density at radius 2 is 1.66 bits per heavy atom. The molecule has 5 rings (SSSR count). The predicted molar refractivity (Wildman–Crippen MR) is 215 cm³/mol. The van der Waals surface area contributed by atoms with Crippen molar-refractivity contribution in [1.29, 1.82) is 0 Å². The van der Waals surface area contributed by atoms with Gasteiger partial charge in [0.25, 0.3) is 5.91 Å². The minimum absolute atomic E-state index is 0.0112. The van der Waals surface area contributed by atoms with Crippen LogP contribution in [0.4, 0.5) is 4.79 Å². The second-order valence-corrected chi connectivity index (χ2v) is 20.4. The quantitative estimate of drug-likeness (QED) is 0.175. The fourth-order valence-corrected chi connectivity index (χ4v) is 9.24. The van der Waals surface area contributed by atoms with E-state index in [4.69, 9.17) is 0 Å². The lowest BCUT2D eigenvalue weighted by Gasteiger charge is -2.36. The van der Waals surface area contributed by atoms with Crippen LogP contribution < -0.4 is 21.3 Å². The molecule has 3 aliphatic rings. The van der Waals surface area contributed by atoms with Crippen LogP contribution in [-0.4, -0.2) is 102 Å². The Labute approximate surface area is 335 Å². The van der Waals surface area contributed by atoms with Gasteiger partial charge in [0.15, 0.2) is 0 Å². The molecular weight excluding hydrogens is 755 g/mol. The van der Waals surface area contributed by atoms with E-state index in [-0.39, 0.29) is 49.1 Å². The standard InChI is InChI=1S/C40H59N7O7S2/c1-8-56(53,54)46(7)23-31(40(4,5)6)44-39(52)45-33(28-20-26-11-9-10-12-27(26)21-28)38(51)47-17-15-29(24(2)3)34(47)36(49)43-30(19-25-13-14-25)35(48)37(50)42-22-32-41-16-18-55-32/h9-12,16,18,24-25,28-31,33-34H,8,13-15,17,19-23H2,1-7H3,(H,42,50)(H,43,49)(H2,44,45,52)/t29-,30?,31-,33+,34+/m1/s1. The molecule has 0 bridgehead atoms. The van der Waals surface area contributed by atoms with Gasteiger partial charge in [-0.3, -0.25) is 19.2 Å². The van der Waals surface area contributed by atoms with E-state index in [0.717, 1.165) is 24.0 Å². The molecule has 5 atom stereocenters. The Hall–Kier alpha value is -3.89. The molecule has 56 heavy (non-hydrogen) atoms. The average Bonchev–Trinajstić information content (AvgIpc) is 3.50. The molecule has 0 spiro atoms. The van der Waals surface area contributed by atoms with Gasteiger partial charge in [0.2, 0.25) is 27.6 Å². The molecule has 1 saturated heterocycles. The molecule has 2 aromatic rings. The highest BCUT2D eigenvalue weighted by Gasteiger charge is 2.48. The molecule has 308 valence electrons. The summed E-state index contributed by atoms with van der Waals surface area (Å²) < 4.78 is 26.5. The number of fused-ring (bicyclic) bond motifs is 1. The third-order valence-electron chi connectivity index (χ3n) is 11.6. The van der Waals surface area contributed by atoms with Crippen molar-refractivity contribution in [2.24, 2.45) is 29.1 Å². The van der Waals surface area contributed by atoms with Gasteiger partial charge in [0, 0.05) is 37.8 Å². The summed E-state index contributed by atoms with van der Waals surface area (Å²) in [6.45, 7) is 11.7. The van der Waals surface area contributed by atoms with Crippen molar-refractivity contribution in [1.82, 2.24) is 35.5 Å². The van der Waals surface area contributed by atoms with Gasteiger partial charge in [0.05, 0.1) is 18.3 Å². The molecule has 0 radical (unpaired) electrons. The molecular formula is C40H59N7O7S2. The lowest BCUT2D eigenvalue weighted by Crippen LogP contribution is -2.61. The summed E-state index contributed by atoms with van der Waals surface area (Å²) in [4.78, 5) is 75.6. The van der Waals surface area contributed by atoms with Crippen molar-refractivity contribution in [3.63, 3.8) is 0 Å². The molecule has 1 unspecified atom stereocenters. The number of aromatic nitrogens is 1. The summed E-state index contributed by atoms with van der Waals surface area (Å²) >= 11 is 1.36. The molecule has 5 amide bonds. The van der Waals surface area contributed by atoms with Crippen molar-refractivity contribution in [2.75, 3.05) is 25.9 Å². The van der Waals surface area contributed by atoms with E-state index in [1.165, 1.54) is 22.7 Å². The lowest BCUT2D eigenvalue weighted by atomic mass is 9.86. The van der Waals surface area contributed by atoms with Crippen molar-refractivity contribution in [3.05, 3.63) is 52.0 Å². The Balaban J connectivity index is 1.38. The van der Waals surface area contributed by atoms with Crippen LogP contribution in [0.5, 0.6) is 0 Å². The topological polar surface area (TPSA) is 187 Å². The molecule has 4 N–H and O–H groups in total. The predicted octanol–water partition coefficient (Wildman–Crippen LogP) is 3.27. The number of amides is 5. The van der Waals surface area contributed by atoms with E-state index in [9.17, 15) is 32.4 Å². The summed E-state index contributed by atoms with van der Waals surface area (Å²) in [7, 11) is -2.04. The molecule has 2 aliphatic carbocycles. The number of nitrogens with one attached hydrogen (secondary N) is 4. The summed E-state index contributed by atoms with van der Waals surface area (Å²) in [6, 6.07) is 3.72. The van der Waals surface area contributed by atoms with Gasteiger partial charge in [-0.15, -0.1) is 11.3 Å². The molecule has 2 fully saturated rings. The number of rotatable bonds is 17. The van der Waals surface area contributed by atoms with Crippen molar-refractivity contribution in [2.45, 2.75) is 111 Å². The summed E-state index contributed by atoms with van der Waals surface area (Å²) in [6.07, 6.45) is 5.39. The lowest BCUT2D eigenvalue weighted by molar-refractivity contribution is -0.144. The SMILES string of the molecule is CCS(=O)(=O)N(C)C[C@@H](NC(=O)N[C@H](C(=O)N1CC[C@H](C(C)C)[C@H]1C(=O)NC(CC1CC1)C(=O)C(=O)NCc1nccs1)C1Cc2ccccc2C1)C(C)(C)C. The highest BCUT2D eigenvalue weighted by Crippen LogP contribution is 2.36. The zero-order valence-corrected chi connectivity index (χ0v) is 35.3. The monoisotopic (exact) mass is 813 g/mol. The smallest absolute Gasteiger partial charge is 0.315 e. The molecule has 14 nitrogen and oxygen atoms in total. The van der Waals surface area contributed by atoms with E-state index < -0.39 is 69.1 Å². The van der Waals surface area contributed by atoms with Crippen LogP contribution in [0.3, 0.4) is 0 Å². The van der Waals surface area contributed by atoms with E-state index in [0.29, 0.717) is 30.7 Å². The fourth-order valence-electron chi connectivity index (χ4n) is 7.87. The van der Waals surface area contributed by atoms with E-state index in [2.05, 4.69) is 26.3 Å². The third-order valence-corrected chi connectivity index (χ3v) is 14.2. The van der Waals surface area contributed by atoms with E-state index >= 15 is 0 Å². The van der Waals surface area contributed by atoms with Crippen LogP contribution in [-0.2, 0) is 48.6 Å². The van der Waals surface area contributed by atoms with Gasteiger partial charge in [-0.25, -0.2) is 22.5 Å². The summed E-state index contributed by atoms with van der Waals surface area (Å²) in [5.74, 6) is -2.81. The molecule has 1 aromatic heterocycles. The van der Waals surface area contributed by atoms with E-state index in [1.54, 1.807) is 23.4 Å². The molecule has 2 heterocycles. The average molecular weight is 814 g/mol. The highest BCUT2D eigenvalue weighted by molar-refractivity contribution is 7.89. The number of carbonyl (C=O) groups is 5. The number of benzene rings is 1. The third kappa shape index (κ3) is 10.7. The number of Topliss-reactive ketones (excluding diaryl/α,β-unsaturated/α-hetero) is 1. The maximum atomic E-state index is 14.9. The summed E-state index contributed by atoms with van der Waals surface area (Å²) in [5, 5.41) is 13.9. The maximum absolute atomic E-state index is 14.9. The van der Waals surface area contributed by atoms with Crippen LogP contribution in [0, 0.1) is 29.1 Å². The first kappa shape index (κ1) is 43.2. The largest absolute Gasteiger partial charge is 0.344 e. The van der Waals surface area contributed by atoms with Crippen molar-refractivity contribution < 1.29 is 32.4 Å². The maximum Gasteiger partial charge on any atom is 0.315 e. The van der Waals surface area contributed by atoms with Crippen LogP contribution in [0.15, 0.2) is 35.8 Å². The minimum Gasteiger partial charge on any atom is -0.344 e. The minimum atomic E-state index is -3.52. The van der Waals surface area contributed by atoms with Crippen molar-refractivity contribution >= 4 is 50.9 Å². The van der Waals surface area contributed by atoms with Gasteiger partial charge >= 0.3 is 6.03 Å². The second kappa shape index (κ2) is 18.1. The Morgan fingerprint density at radius 1 is 1.00 bits per heavy atom. The number of sulfonamides is 1. The number of thiazole rings is 1. The second-order valence-electron chi connectivity index (χ2n) is 17.0. The zero-order chi connectivity index (χ0) is 40.9. The number of ketones is 1. The Kier molecular flexibility index (Phi) is 14.0. The number of urea groups is 1. The number of likely N-dealkylation sites (tertiary alicyclic amines) is 1. The number of likely N-dealkylation sites (N-methyl/N-ethyl adjacent to an activating group) is 1. The van der Waals surface area contributed by atoms with Crippen LogP contribution in [0.25, 0.3) is 0 Å². The molecule has 16 heteroatoms. The fraction of sp³-hybridized carbons (Fsp3) is 0.650. The Bertz CT molecular complexity index is 1820. The highest BCUT2D eigenvalue weighted by atomic mass is 32.2. The van der Waals surface area contributed by atoms with Gasteiger partial charge in [-0.05, 0) is 72.8 Å². The van der Waals surface area contributed by atoms with Crippen LogP contribution in [0.2, 0.25) is 0 Å². The number of nitrogens with zero attached hydrogens (tertiary/aromatic N) is 3. The first-order valence-electron chi connectivity index (χ1n) is 19.8. The number of hydrogen-bond acceptors (Lipinski definition) is 9. The normalized spacial score (nSPS) is 20.3.